The lowest BCUT2D eigenvalue weighted by molar-refractivity contribution is 0.402. The molecule has 1 fully saturated rings. The Labute approximate surface area is 411 Å². The van der Waals surface area contributed by atoms with Gasteiger partial charge in [-0.15, -0.1) is 0 Å². The number of hydrogen-bond donors (Lipinski definition) is 0. The largest absolute Gasteiger partial charge is 0.337 e. The van der Waals surface area contributed by atoms with Crippen LogP contribution in [0.4, 0.5) is 28.4 Å². The van der Waals surface area contributed by atoms with E-state index in [2.05, 4.69) is 265 Å². The van der Waals surface area contributed by atoms with E-state index in [9.17, 15) is 0 Å². The Bertz CT molecular complexity index is 3650. The van der Waals surface area contributed by atoms with Crippen molar-refractivity contribution < 1.29 is 0 Å². The summed E-state index contributed by atoms with van der Waals surface area (Å²) in [4.78, 5) is 5.14. The standard InChI is InChI=1S/C68H52N2/c1-3-16-47(17-4-1)53-21-13-22-54(44-53)50-38-42-59(43-39-50)69(58-40-36-49(37-41-58)48-32-34-52(35-33-48)62-30-15-20-51-18-7-9-27-61(51)62)60-26-14-23-55(45-60)65-46-56-19-8-10-28-63(56)68-67(65)64-29-11-12-31-66(64)70(68)57-24-5-2-6-25-57/h1-10,13-28,30,32-46,64,66H,11-12,29,31H2/t64?,66-/m1/s1. The Morgan fingerprint density at radius 1 is 0.329 bits per heavy atom. The zero-order chi connectivity index (χ0) is 46.4. The summed E-state index contributed by atoms with van der Waals surface area (Å²) in [5.41, 5.74) is 19.8. The van der Waals surface area contributed by atoms with E-state index in [-0.39, 0.29) is 0 Å². The predicted octanol–water partition coefficient (Wildman–Crippen LogP) is 19.0. The van der Waals surface area contributed by atoms with Gasteiger partial charge in [-0.3, -0.25) is 0 Å². The van der Waals surface area contributed by atoms with Gasteiger partial charge in [-0.05, 0) is 151 Å². The molecule has 0 aromatic heterocycles. The molecule has 0 spiro atoms. The van der Waals surface area contributed by atoms with Gasteiger partial charge in [-0.25, -0.2) is 0 Å². The van der Waals surface area contributed by atoms with Crippen LogP contribution >= 0.6 is 0 Å². The SMILES string of the molecule is c1ccc(-c2cccc(-c3ccc(N(c4ccc(-c5ccc(-c6cccc7ccccc67)cc5)cc4)c4cccc(-c5cc6ccccc6c6c5C5CCCC[C@H]5N6c5ccccc5)c4)cc3)c2)cc1. The zero-order valence-electron chi connectivity index (χ0n) is 39.1. The van der Waals surface area contributed by atoms with Crippen LogP contribution in [0.2, 0.25) is 0 Å². The normalized spacial score (nSPS) is 15.2. The second kappa shape index (κ2) is 17.9. The Hall–Kier alpha value is -8.46. The van der Waals surface area contributed by atoms with E-state index in [4.69, 9.17) is 0 Å². The number of benzene rings is 11. The van der Waals surface area contributed by atoms with Gasteiger partial charge >= 0.3 is 0 Å². The minimum atomic E-state index is 0.440. The van der Waals surface area contributed by atoms with Gasteiger partial charge < -0.3 is 9.80 Å². The average molecular weight is 897 g/mol. The fourth-order valence-corrected chi connectivity index (χ4v) is 11.7. The van der Waals surface area contributed by atoms with Crippen molar-refractivity contribution in [3.63, 3.8) is 0 Å². The molecule has 2 atom stereocenters. The van der Waals surface area contributed by atoms with Crippen LogP contribution in [-0.4, -0.2) is 6.04 Å². The molecule has 1 unspecified atom stereocenters. The summed E-state index contributed by atoms with van der Waals surface area (Å²) in [6.45, 7) is 0. The third-order valence-electron chi connectivity index (χ3n) is 15.1. The van der Waals surface area contributed by atoms with Crippen molar-refractivity contribution in [1.29, 1.82) is 0 Å². The fourth-order valence-electron chi connectivity index (χ4n) is 11.7. The van der Waals surface area contributed by atoms with E-state index >= 15 is 0 Å². The summed E-state index contributed by atoms with van der Waals surface area (Å²) in [5.74, 6) is 0.463. The predicted molar refractivity (Wildman–Crippen MR) is 297 cm³/mol. The molecule has 11 aromatic rings. The van der Waals surface area contributed by atoms with Gasteiger partial charge in [0.05, 0.1) is 5.69 Å². The molecule has 0 bridgehead atoms. The minimum Gasteiger partial charge on any atom is -0.337 e. The first-order valence-electron chi connectivity index (χ1n) is 25.0. The maximum Gasteiger partial charge on any atom is 0.0535 e. The van der Waals surface area contributed by atoms with E-state index in [0.717, 1.165) is 17.1 Å². The lowest BCUT2D eigenvalue weighted by Gasteiger charge is -2.34. The number of para-hydroxylation sites is 1. The van der Waals surface area contributed by atoms with Crippen molar-refractivity contribution in [3.8, 4) is 55.6 Å². The monoisotopic (exact) mass is 896 g/mol. The molecule has 0 saturated heterocycles. The number of nitrogens with zero attached hydrogens (tertiary/aromatic N) is 2. The third kappa shape index (κ3) is 7.54. The van der Waals surface area contributed by atoms with Gasteiger partial charge in [0, 0.05) is 40.1 Å². The first kappa shape index (κ1) is 41.7. The molecule has 2 nitrogen and oxygen atoms in total. The molecule has 1 aliphatic heterocycles. The Balaban J connectivity index is 0.910. The van der Waals surface area contributed by atoms with E-state index in [1.165, 1.54) is 120 Å². The first-order valence-corrected chi connectivity index (χ1v) is 25.0. The summed E-state index contributed by atoms with van der Waals surface area (Å²) in [6, 6.07) is 94.5. The molecule has 11 aromatic carbocycles. The molecule has 1 saturated carbocycles. The maximum absolute atomic E-state index is 2.71. The number of fused-ring (bicyclic) bond motifs is 6. The minimum absolute atomic E-state index is 0.440. The van der Waals surface area contributed by atoms with E-state index in [1.807, 2.05) is 0 Å². The molecule has 0 radical (unpaired) electrons. The van der Waals surface area contributed by atoms with Crippen LogP contribution in [0, 0.1) is 0 Å². The molecular formula is C68H52N2. The van der Waals surface area contributed by atoms with Gasteiger partial charge in [-0.1, -0.05) is 207 Å². The molecule has 70 heavy (non-hydrogen) atoms. The van der Waals surface area contributed by atoms with Crippen molar-refractivity contribution >= 4 is 50.0 Å². The van der Waals surface area contributed by atoms with Gasteiger partial charge in [0.15, 0.2) is 0 Å². The van der Waals surface area contributed by atoms with Crippen molar-refractivity contribution in [2.24, 2.45) is 0 Å². The maximum atomic E-state index is 2.71. The van der Waals surface area contributed by atoms with Gasteiger partial charge in [0.1, 0.15) is 0 Å². The summed E-state index contributed by atoms with van der Waals surface area (Å²) in [7, 11) is 0. The lowest BCUT2D eigenvalue weighted by atomic mass is 9.79. The van der Waals surface area contributed by atoms with Crippen LogP contribution in [0.25, 0.3) is 77.2 Å². The smallest absolute Gasteiger partial charge is 0.0535 e. The summed E-state index contributed by atoms with van der Waals surface area (Å²) in [5, 5.41) is 5.16. The average Bonchev–Trinajstić information content (AvgIpc) is 3.79. The number of anilines is 5. The molecular weight excluding hydrogens is 845 g/mol. The second-order valence-corrected chi connectivity index (χ2v) is 19.1. The topological polar surface area (TPSA) is 6.48 Å². The highest BCUT2D eigenvalue weighted by molar-refractivity contribution is 6.05. The Morgan fingerprint density at radius 3 is 1.57 bits per heavy atom. The van der Waals surface area contributed by atoms with E-state index in [0.29, 0.717) is 12.0 Å². The first-order chi connectivity index (χ1) is 34.7. The van der Waals surface area contributed by atoms with Crippen LogP contribution in [0.3, 0.4) is 0 Å². The number of hydrogen-bond acceptors (Lipinski definition) is 2. The summed E-state index contributed by atoms with van der Waals surface area (Å²) < 4.78 is 0. The number of rotatable bonds is 9. The molecule has 0 N–H and O–H groups in total. The second-order valence-electron chi connectivity index (χ2n) is 19.1. The lowest BCUT2D eigenvalue weighted by Crippen LogP contribution is -2.32. The molecule has 2 aliphatic rings. The fraction of sp³-hybridized carbons (Fsp3) is 0.0882. The molecule has 1 heterocycles. The van der Waals surface area contributed by atoms with Crippen LogP contribution in [0.5, 0.6) is 0 Å². The van der Waals surface area contributed by atoms with Crippen LogP contribution in [0.15, 0.2) is 255 Å². The quantitative estimate of drug-likeness (QED) is 0.142. The van der Waals surface area contributed by atoms with Gasteiger partial charge in [-0.2, -0.15) is 0 Å². The molecule has 0 amide bonds. The van der Waals surface area contributed by atoms with Crippen molar-refractivity contribution in [2.75, 3.05) is 9.80 Å². The highest BCUT2D eigenvalue weighted by atomic mass is 15.2. The van der Waals surface area contributed by atoms with E-state index < -0.39 is 0 Å². The van der Waals surface area contributed by atoms with Crippen molar-refractivity contribution in [1.82, 2.24) is 0 Å². The molecule has 13 rings (SSSR count). The van der Waals surface area contributed by atoms with Gasteiger partial charge in [0.2, 0.25) is 0 Å². The highest BCUT2D eigenvalue weighted by Gasteiger charge is 2.43. The van der Waals surface area contributed by atoms with Crippen molar-refractivity contribution in [2.45, 2.75) is 37.6 Å². The van der Waals surface area contributed by atoms with Gasteiger partial charge in [0.25, 0.3) is 0 Å². The summed E-state index contributed by atoms with van der Waals surface area (Å²) >= 11 is 0. The Kier molecular flexibility index (Phi) is 10.7. The van der Waals surface area contributed by atoms with Crippen molar-refractivity contribution in [3.05, 3.63) is 260 Å². The molecule has 2 heteroatoms. The highest BCUT2D eigenvalue weighted by Crippen LogP contribution is 2.57. The third-order valence-corrected chi connectivity index (χ3v) is 15.1. The van der Waals surface area contributed by atoms with Crippen LogP contribution in [-0.2, 0) is 0 Å². The van der Waals surface area contributed by atoms with Crippen LogP contribution < -0.4 is 9.80 Å². The summed E-state index contributed by atoms with van der Waals surface area (Å²) in [6.07, 6.45) is 4.94. The zero-order valence-corrected chi connectivity index (χ0v) is 39.1. The van der Waals surface area contributed by atoms with E-state index in [1.54, 1.807) is 0 Å². The Morgan fingerprint density at radius 2 is 0.843 bits per heavy atom. The molecule has 334 valence electrons. The molecule has 1 aliphatic carbocycles. The van der Waals surface area contributed by atoms with Crippen LogP contribution in [0.1, 0.15) is 37.2 Å².